The molecule has 3 atom stereocenters. The third-order valence-corrected chi connectivity index (χ3v) is 6.24. The first-order chi connectivity index (χ1) is 18.0. The number of aromatic amines is 1. The number of ether oxygens (including phenoxy) is 1. The zero-order valence-electron chi connectivity index (χ0n) is 22.5. The van der Waals surface area contributed by atoms with Gasteiger partial charge in [-0.2, -0.15) is 0 Å². The highest BCUT2D eigenvalue weighted by molar-refractivity contribution is 5.94. The molecule has 0 saturated carbocycles. The number of amides is 3. The van der Waals surface area contributed by atoms with Crippen molar-refractivity contribution in [3.05, 3.63) is 71.9 Å². The summed E-state index contributed by atoms with van der Waals surface area (Å²) in [5.74, 6) is -1.92. The normalized spacial score (nSPS) is 13.7. The second kappa shape index (κ2) is 12.4. The average Bonchev–Trinajstić information content (AvgIpc) is 3.30. The topological polar surface area (TPSA) is 129 Å². The van der Waals surface area contributed by atoms with Gasteiger partial charge in [0.05, 0.1) is 7.11 Å². The third-order valence-electron chi connectivity index (χ3n) is 6.24. The van der Waals surface area contributed by atoms with E-state index in [2.05, 4.69) is 20.9 Å². The van der Waals surface area contributed by atoms with Crippen LogP contribution in [-0.2, 0) is 36.8 Å². The number of carbonyl (C=O) groups is 4. The molecule has 0 radical (unpaired) electrons. The molecule has 4 N–H and O–H groups in total. The summed E-state index contributed by atoms with van der Waals surface area (Å²) in [7, 11) is 1.26. The van der Waals surface area contributed by atoms with Crippen LogP contribution in [0.25, 0.3) is 10.9 Å². The number of rotatable bonds is 10. The van der Waals surface area contributed by atoms with Crippen molar-refractivity contribution in [2.24, 2.45) is 5.41 Å². The number of esters is 1. The quantitative estimate of drug-likeness (QED) is 0.306. The molecule has 38 heavy (non-hydrogen) atoms. The van der Waals surface area contributed by atoms with Gasteiger partial charge in [0.25, 0.3) is 0 Å². The SMILES string of the molecule is COC(=O)[C@H](Cc1c[nH]c2ccccc12)NC(=O)[C@H](C)NC(=O)[C@H](Cc1ccccc1)NC(=O)C(C)(C)C. The maximum atomic E-state index is 13.2. The summed E-state index contributed by atoms with van der Waals surface area (Å²) in [5, 5.41) is 9.13. The van der Waals surface area contributed by atoms with E-state index in [1.807, 2.05) is 54.6 Å². The van der Waals surface area contributed by atoms with Crippen LogP contribution in [0.2, 0.25) is 0 Å². The van der Waals surface area contributed by atoms with E-state index >= 15 is 0 Å². The Morgan fingerprint density at radius 2 is 1.50 bits per heavy atom. The molecular formula is C29H36N4O5. The smallest absolute Gasteiger partial charge is 0.328 e. The number of hydrogen-bond acceptors (Lipinski definition) is 5. The minimum atomic E-state index is -0.970. The number of benzene rings is 2. The van der Waals surface area contributed by atoms with Crippen molar-refractivity contribution in [2.75, 3.05) is 7.11 Å². The first-order valence-corrected chi connectivity index (χ1v) is 12.6. The lowest BCUT2D eigenvalue weighted by molar-refractivity contribution is -0.145. The number of carbonyl (C=O) groups excluding carboxylic acids is 4. The summed E-state index contributed by atoms with van der Waals surface area (Å²) in [6.07, 6.45) is 2.26. The van der Waals surface area contributed by atoms with Gasteiger partial charge >= 0.3 is 5.97 Å². The van der Waals surface area contributed by atoms with Gasteiger partial charge in [0.2, 0.25) is 17.7 Å². The lowest BCUT2D eigenvalue weighted by atomic mass is 9.94. The Morgan fingerprint density at radius 1 is 0.842 bits per heavy atom. The molecule has 1 heterocycles. The third kappa shape index (κ3) is 7.44. The van der Waals surface area contributed by atoms with Crippen LogP contribution in [0.4, 0.5) is 0 Å². The average molecular weight is 521 g/mol. The second-order valence-corrected chi connectivity index (χ2v) is 10.3. The Morgan fingerprint density at radius 3 is 2.16 bits per heavy atom. The molecule has 2 aromatic carbocycles. The highest BCUT2D eigenvalue weighted by Gasteiger charge is 2.31. The van der Waals surface area contributed by atoms with E-state index < -0.39 is 41.3 Å². The van der Waals surface area contributed by atoms with Crippen LogP contribution in [0, 0.1) is 5.41 Å². The maximum Gasteiger partial charge on any atom is 0.328 e. The molecule has 1 aromatic heterocycles. The van der Waals surface area contributed by atoms with E-state index in [9.17, 15) is 19.2 Å². The Kier molecular flexibility index (Phi) is 9.28. The number of hydrogen-bond donors (Lipinski definition) is 4. The van der Waals surface area contributed by atoms with Crippen molar-refractivity contribution in [2.45, 2.75) is 58.7 Å². The molecule has 3 amide bonds. The Hall–Kier alpha value is -4.14. The lowest BCUT2D eigenvalue weighted by Crippen LogP contribution is -2.56. The summed E-state index contributed by atoms with van der Waals surface area (Å²) in [4.78, 5) is 54.6. The molecule has 9 heteroatoms. The van der Waals surface area contributed by atoms with Gasteiger partial charge in [0, 0.05) is 35.4 Å². The van der Waals surface area contributed by atoms with E-state index in [4.69, 9.17) is 4.74 Å². The van der Waals surface area contributed by atoms with Crippen LogP contribution in [0.15, 0.2) is 60.8 Å². The van der Waals surface area contributed by atoms with Crippen LogP contribution >= 0.6 is 0 Å². The van der Waals surface area contributed by atoms with Crippen LogP contribution in [-0.4, -0.2) is 53.9 Å². The minimum Gasteiger partial charge on any atom is -0.467 e. The van der Waals surface area contributed by atoms with Crippen molar-refractivity contribution in [3.8, 4) is 0 Å². The Bertz CT molecular complexity index is 1280. The molecule has 0 aliphatic carbocycles. The summed E-state index contributed by atoms with van der Waals surface area (Å²) in [6, 6.07) is 14.2. The molecule has 0 saturated heterocycles. The number of para-hydroxylation sites is 1. The first kappa shape index (κ1) is 28.4. The largest absolute Gasteiger partial charge is 0.467 e. The van der Waals surface area contributed by atoms with E-state index in [1.165, 1.54) is 14.0 Å². The van der Waals surface area contributed by atoms with Gasteiger partial charge in [-0.15, -0.1) is 0 Å². The second-order valence-electron chi connectivity index (χ2n) is 10.3. The zero-order valence-corrected chi connectivity index (χ0v) is 22.5. The van der Waals surface area contributed by atoms with Crippen molar-refractivity contribution in [1.29, 1.82) is 0 Å². The van der Waals surface area contributed by atoms with E-state index in [-0.39, 0.29) is 18.7 Å². The number of methoxy groups -OCH3 is 1. The summed E-state index contributed by atoms with van der Waals surface area (Å²) in [6.45, 7) is 6.81. The monoisotopic (exact) mass is 520 g/mol. The van der Waals surface area contributed by atoms with Gasteiger partial charge in [0.1, 0.15) is 18.1 Å². The molecule has 0 fully saturated rings. The van der Waals surface area contributed by atoms with Crippen molar-refractivity contribution < 1.29 is 23.9 Å². The fraction of sp³-hybridized carbons (Fsp3) is 0.379. The van der Waals surface area contributed by atoms with Gasteiger partial charge in [-0.05, 0) is 24.1 Å². The Balaban J connectivity index is 1.70. The lowest BCUT2D eigenvalue weighted by Gasteiger charge is -2.26. The number of fused-ring (bicyclic) bond motifs is 1. The molecular weight excluding hydrogens is 484 g/mol. The summed E-state index contributed by atoms with van der Waals surface area (Å²) >= 11 is 0. The molecule has 0 aliphatic rings. The van der Waals surface area contributed by atoms with E-state index in [1.54, 1.807) is 27.0 Å². The molecule has 0 aliphatic heterocycles. The zero-order chi connectivity index (χ0) is 27.9. The molecule has 202 valence electrons. The van der Waals surface area contributed by atoms with Gasteiger partial charge in [-0.25, -0.2) is 4.79 Å². The molecule has 0 bridgehead atoms. The van der Waals surface area contributed by atoms with Gasteiger partial charge in [-0.3, -0.25) is 14.4 Å². The van der Waals surface area contributed by atoms with Crippen molar-refractivity contribution >= 4 is 34.6 Å². The standard InChI is InChI=1S/C29H36N4O5/c1-18(31-26(35)23(33-28(37)29(2,3)4)15-19-11-7-6-8-12-19)25(34)32-24(27(36)38-5)16-20-17-30-22-14-10-9-13-21(20)22/h6-14,17-18,23-24,30H,15-16H2,1-5H3,(H,31,35)(H,32,34)(H,33,37)/t18-,23-,24-/m0/s1. The fourth-order valence-corrected chi connectivity index (χ4v) is 3.97. The maximum absolute atomic E-state index is 13.2. The van der Waals surface area contributed by atoms with Crippen LogP contribution in [0.3, 0.4) is 0 Å². The van der Waals surface area contributed by atoms with Gasteiger partial charge in [0.15, 0.2) is 0 Å². The molecule has 0 unspecified atom stereocenters. The summed E-state index contributed by atoms with van der Waals surface area (Å²) < 4.78 is 4.92. The minimum absolute atomic E-state index is 0.210. The predicted molar refractivity (Wildman–Crippen MR) is 145 cm³/mol. The molecule has 0 spiro atoms. The molecule has 9 nitrogen and oxygen atoms in total. The number of nitrogens with one attached hydrogen (secondary N) is 4. The van der Waals surface area contributed by atoms with E-state index in [0.29, 0.717) is 0 Å². The van der Waals surface area contributed by atoms with E-state index in [0.717, 1.165) is 22.0 Å². The number of H-pyrrole nitrogens is 1. The van der Waals surface area contributed by atoms with Crippen LogP contribution < -0.4 is 16.0 Å². The Labute approximate surface area is 222 Å². The first-order valence-electron chi connectivity index (χ1n) is 12.6. The fourth-order valence-electron chi connectivity index (χ4n) is 3.97. The van der Waals surface area contributed by atoms with Crippen LogP contribution in [0.5, 0.6) is 0 Å². The molecule has 3 aromatic rings. The van der Waals surface area contributed by atoms with Gasteiger partial charge < -0.3 is 25.7 Å². The summed E-state index contributed by atoms with van der Waals surface area (Å²) in [5.41, 5.74) is 1.93. The van der Waals surface area contributed by atoms with Gasteiger partial charge in [-0.1, -0.05) is 69.3 Å². The molecule has 3 rings (SSSR count). The highest BCUT2D eigenvalue weighted by atomic mass is 16.5. The van der Waals surface area contributed by atoms with Crippen molar-refractivity contribution in [1.82, 2.24) is 20.9 Å². The number of aromatic nitrogens is 1. The predicted octanol–water partition coefficient (Wildman–Crippen LogP) is 2.65. The van der Waals surface area contributed by atoms with Crippen molar-refractivity contribution in [3.63, 3.8) is 0 Å². The van der Waals surface area contributed by atoms with Crippen LogP contribution in [0.1, 0.15) is 38.8 Å². The highest BCUT2D eigenvalue weighted by Crippen LogP contribution is 2.19.